The van der Waals surface area contributed by atoms with E-state index in [0.29, 0.717) is 0 Å². The Kier molecular flexibility index (Phi) is 3.01. The van der Waals surface area contributed by atoms with E-state index >= 15 is 0 Å². The summed E-state index contributed by atoms with van der Waals surface area (Å²) >= 11 is 0. The van der Waals surface area contributed by atoms with Crippen molar-refractivity contribution in [3.8, 4) is 0 Å². The molecular formula is C9H18Si2. The van der Waals surface area contributed by atoms with Crippen molar-refractivity contribution in [1.29, 1.82) is 0 Å². The van der Waals surface area contributed by atoms with Crippen LogP contribution in [0.1, 0.15) is 20.8 Å². The topological polar surface area (TPSA) is 0 Å². The lowest BCUT2D eigenvalue weighted by molar-refractivity contribution is 1.22. The first-order valence-corrected chi connectivity index (χ1v) is 9.95. The summed E-state index contributed by atoms with van der Waals surface area (Å²) in [5.41, 5.74) is 5.01. The maximum atomic E-state index is 2.51. The lowest BCUT2D eigenvalue weighted by atomic mass is 10.7. The molecule has 11 heavy (non-hydrogen) atoms. The summed E-state index contributed by atoms with van der Waals surface area (Å²) in [4.78, 5) is 0. The Morgan fingerprint density at radius 3 is 1.64 bits per heavy atom. The number of hydrogen-bond donors (Lipinski definition) is 0. The molecule has 0 spiro atoms. The van der Waals surface area contributed by atoms with Crippen molar-refractivity contribution < 1.29 is 0 Å². The molecule has 0 aromatic carbocycles. The molecular weight excluding hydrogens is 164 g/mol. The van der Waals surface area contributed by atoms with Crippen LogP contribution in [0, 0.1) is 0 Å². The van der Waals surface area contributed by atoms with E-state index in [1.54, 1.807) is 0 Å². The molecule has 0 nitrogen and oxygen atoms in total. The second-order valence-electron chi connectivity index (χ2n) is 3.32. The molecule has 0 aromatic rings. The largest absolute Gasteiger partial charge is 0.0806 e. The van der Waals surface area contributed by atoms with E-state index in [9.17, 15) is 0 Å². The van der Waals surface area contributed by atoms with Crippen LogP contribution in [0.3, 0.4) is 0 Å². The maximum absolute atomic E-state index is 2.51. The highest BCUT2D eigenvalue weighted by atomic mass is 29.2. The first-order valence-electron chi connectivity index (χ1n) is 4.68. The van der Waals surface area contributed by atoms with Crippen LogP contribution in [0.4, 0.5) is 0 Å². The van der Waals surface area contributed by atoms with Crippen molar-refractivity contribution in [2.75, 3.05) is 0 Å². The van der Waals surface area contributed by atoms with E-state index in [0.717, 1.165) is 0 Å². The second kappa shape index (κ2) is 3.63. The third kappa shape index (κ3) is 1.47. The van der Waals surface area contributed by atoms with Gasteiger partial charge in [-0.2, -0.15) is 0 Å². The molecule has 0 N–H and O–H groups in total. The third-order valence-electron chi connectivity index (χ3n) is 3.19. The fourth-order valence-electron chi connectivity index (χ4n) is 1.91. The molecule has 0 amide bonds. The molecule has 1 aliphatic heterocycles. The van der Waals surface area contributed by atoms with E-state index in [1.807, 2.05) is 0 Å². The summed E-state index contributed by atoms with van der Waals surface area (Å²) in [6.45, 7) is 7.20. The summed E-state index contributed by atoms with van der Waals surface area (Å²) in [5, 5.41) is 0. The molecule has 1 aliphatic rings. The van der Waals surface area contributed by atoms with Gasteiger partial charge in [-0.05, 0) is 0 Å². The molecule has 1 rings (SSSR count). The SMILES string of the molecule is CC[Si](CC)(CC)[Si]1=CC=C1. The molecule has 0 fully saturated rings. The van der Waals surface area contributed by atoms with Gasteiger partial charge in [0.2, 0.25) is 0 Å². The van der Waals surface area contributed by atoms with Gasteiger partial charge in [0.1, 0.15) is 0 Å². The monoisotopic (exact) mass is 182 g/mol. The Balaban J connectivity index is 2.71. The van der Waals surface area contributed by atoms with Gasteiger partial charge in [0.15, 0.2) is 0 Å². The van der Waals surface area contributed by atoms with Gasteiger partial charge in [-0.1, -0.05) is 56.4 Å². The van der Waals surface area contributed by atoms with E-state index in [2.05, 4.69) is 38.2 Å². The highest BCUT2D eigenvalue weighted by molar-refractivity contribution is 7.37. The zero-order valence-electron chi connectivity index (χ0n) is 7.85. The van der Waals surface area contributed by atoms with Crippen LogP contribution in [0.2, 0.25) is 18.1 Å². The number of rotatable bonds is 4. The molecule has 0 atom stereocenters. The van der Waals surface area contributed by atoms with Crippen LogP contribution in [-0.2, 0) is 0 Å². The lowest BCUT2D eigenvalue weighted by Gasteiger charge is -2.31. The van der Waals surface area contributed by atoms with Gasteiger partial charge in [0, 0.05) is 7.93 Å². The molecule has 0 radical (unpaired) electrons. The van der Waals surface area contributed by atoms with E-state index in [1.165, 1.54) is 18.1 Å². The minimum atomic E-state index is -0.774. The molecule has 2 heteroatoms. The Morgan fingerprint density at radius 2 is 1.55 bits per heavy atom. The van der Waals surface area contributed by atoms with Crippen LogP contribution in [0.15, 0.2) is 11.8 Å². The van der Waals surface area contributed by atoms with Crippen molar-refractivity contribution in [1.82, 2.24) is 0 Å². The van der Waals surface area contributed by atoms with Gasteiger partial charge in [0.05, 0.1) is 7.59 Å². The van der Waals surface area contributed by atoms with Crippen LogP contribution < -0.4 is 0 Å². The first kappa shape index (κ1) is 9.13. The maximum Gasteiger partial charge on any atom is 0.0680 e. The predicted octanol–water partition coefficient (Wildman–Crippen LogP) is 2.56. The molecule has 1 heterocycles. The van der Waals surface area contributed by atoms with Crippen molar-refractivity contribution in [2.45, 2.75) is 38.9 Å². The lowest BCUT2D eigenvalue weighted by Crippen LogP contribution is -2.46. The Hall–Kier alpha value is 0.0438. The molecule has 0 aromatic heterocycles. The fraction of sp³-hybridized carbons (Fsp3) is 0.667. The van der Waals surface area contributed by atoms with E-state index in [4.69, 9.17) is 0 Å². The normalized spacial score (nSPS) is 16.1. The minimum Gasteiger partial charge on any atom is -0.0806 e. The molecule has 62 valence electrons. The number of hydrogen-bond acceptors (Lipinski definition) is 0. The predicted molar refractivity (Wildman–Crippen MR) is 58.2 cm³/mol. The van der Waals surface area contributed by atoms with Crippen LogP contribution in [0.25, 0.3) is 0 Å². The first-order chi connectivity index (χ1) is 5.29. The molecule has 0 unspecified atom stereocenters. The van der Waals surface area contributed by atoms with Gasteiger partial charge in [0.25, 0.3) is 0 Å². The van der Waals surface area contributed by atoms with Crippen molar-refractivity contribution in [2.24, 2.45) is 0 Å². The zero-order chi connectivity index (χ0) is 8.32. The second-order valence-corrected chi connectivity index (χ2v) is 14.5. The van der Waals surface area contributed by atoms with Gasteiger partial charge in [-0.25, -0.2) is 0 Å². The Labute approximate surface area is 72.4 Å². The quantitative estimate of drug-likeness (QED) is 0.586. The van der Waals surface area contributed by atoms with Crippen molar-refractivity contribution >= 4 is 21.2 Å². The summed E-state index contributed by atoms with van der Waals surface area (Å²) < 4.78 is 0. The standard InChI is InChI=1S/C9H18Si2/c1-4-11(5-2,6-3)10-8-7-9-10/h7-9H,4-6H2,1-3H3. The molecule has 0 aliphatic carbocycles. The summed E-state index contributed by atoms with van der Waals surface area (Å²) in [6.07, 6.45) is 2.26. The molecule has 0 bridgehead atoms. The van der Waals surface area contributed by atoms with Gasteiger partial charge in [-0.3, -0.25) is 0 Å². The summed E-state index contributed by atoms with van der Waals surface area (Å²) in [6, 6.07) is 4.49. The van der Waals surface area contributed by atoms with Gasteiger partial charge in [-0.15, -0.1) is 0 Å². The van der Waals surface area contributed by atoms with Crippen LogP contribution in [0.5, 0.6) is 0 Å². The van der Waals surface area contributed by atoms with E-state index in [-0.39, 0.29) is 7.93 Å². The van der Waals surface area contributed by atoms with Crippen LogP contribution >= 0.6 is 0 Å². The average Bonchev–Trinajstić information content (AvgIpc) is 1.97. The molecule has 0 saturated heterocycles. The third-order valence-corrected chi connectivity index (χ3v) is 17.4. The number of allylic oxidation sites excluding steroid dienone is 1. The summed E-state index contributed by atoms with van der Waals surface area (Å²) in [5.74, 6) is 0. The fourth-order valence-corrected chi connectivity index (χ4v) is 12.1. The Bertz CT molecular complexity index is 179. The average molecular weight is 182 g/mol. The van der Waals surface area contributed by atoms with Crippen molar-refractivity contribution in [3.63, 3.8) is 0 Å². The highest BCUT2D eigenvalue weighted by Crippen LogP contribution is 2.22. The highest BCUT2D eigenvalue weighted by Gasteiger charge is 2.31. The van der Waals surface area contributed by atoms with Gasteiger partial charge < -0.3 is 0 Å². The smallest absolute Gasteiger partial charge is 0.0680 e. The Morgan fingerprint density at radius 1 is 1.09 bits per heavy atom. The van der Waals surface area contributed by atoms with Crippen molar-refractivity contribution in [3.05, 3.63) is 11.8 Å². The van der Waals surface area contributed by atoms with E-state index < -0.39 is 7.59 Å². The van der Waals surface area contributed by atoms with Gasteiger partial charge >= 0.3 is 0 Å². The minimum absolute atomic E-state index is 0.0653. The summed E-state index contributed by atoms with van der Waals surface area (Å²) in [7, 11) is -0.840. The molecule has 0 saturated carbocycles. The zero-order valence-corrected chi connectivity index (χ0v) is 9.85. The van der Waals surface area contributed by atoms with Crippen LogP contribution in [-0.4, -0.2) is 21.2 Å².